The van der Waals surface area contributed by atoms with Gasteiger partial charge in [-0.15, -0.1) is 0 Å². The van der Waals surface area contributed by atoms with Crippen LogP contribution in [-0.2, 0) is 9.53 Å². The van der Waals surface area contributed by atoms with E-state index in [-0.39, 0.29) is 6.04 Å². The van der Waals surface area contributed by atoms with E-state index in [0.717, 1.165) is 19.4 Å². The molecular formula is C6H11NO2. The number of ether oxygens (including phenoxy) is 1. The summed E-state index contributed by atoms with van der Waals surface area (Å²) in [6.07, 6.45) is 0.930. The molecule has 0 spiro atoms. The number of morpholine rings is 1. The molecule has 1 aliphatic heterocycles. The van der Waals surface area contributed by atoms with Crippen LogP contribution in [0.2, 0.25) is 0 Å². The Morgan fingerprint density at radius 2 is 2.56 bits per heavy atom. The summed E-state index contributed by atoms with van der Waals surface area (Å²) in [5.74, 6) is 0. The number of rotatable bonds is 1. The summed E-state index contributed by atoms with van der Waals surface area (Å²) in [4.78, 5) is 12.2. The van der Waals surface area contributed by atoms with E-state index in [1.165, 1.54) is 0 Å². The van der Waals surface area contributed by atoms with Gasteiger partial charge in [0, 0.05) is 6.54 Å². The topological polar surface area (TPSA) is 29.5 Å². The van der Waals surface area contributed by atoms with Crippen molar-refractivity contribution < 1.29 is 9.53 Å². The van der Waals surface area contributed by atoms with Crippen molar-refractivity contribution in [3.63, 3.8) is 0 Å². The molecular weight excluding hydrogens is 118 g/mol. The van der Waals surface area contributed by atoms with Gasteiger partial charge in [0.05, 0.1) is 19.3 Å². The summed E-state index contributed by atoms with van der Waals surface area (Å²) in [7, 11) is 1.93. The van der Waals surface area contributed by atoms with Gasteiger partial charge in [-0.1, -0.05) is 0 Å². The highest BCUT2D eigenvalue weighted by Gasteiger charge is 2.17. The fraction of sp³-hybridized carbons (Fsp3) is 0.833. The lowest BCUT2D eigenvalue weighted by atomic mass is 10.3. The van der Waals surface area contributed by atoms with Gasteiger partial charge in [-0.3, -0.25) is 4.90 Å². The molecule has 0 aromatic carbocycles. The van der Waals surface area contributed by atoms with Crippen molar-refractivity contribution in [1.82, 2.24) is 4.90 Å². The Balaban J connectivity index is 2.38. The van der Waals surface area contributed by atoms with E-state index in [0.29, 0.717) is 6.61 Å². The molecule has 1 saturated heterocycles. The number of nitrogens with zero attached hydrogens (tertiary/aromatic N) is 1. The van der Waals surface area contributed by atoms with Gasteiger partial charge in [-0.25, -0.2) is 0 Å². The maximum absolute atomic E-state index is 10.2. The smallest absolute Gasteiger partial charge is 0.139 e. The molecule has 1 rings (SSSR count). The van der Waals surface area contributed by atoms with Gasteiger partial charge < -0.3 is 9.53 Å². The molecule has 0 N–H and O–H groups in total. The molecule has 3 nitrogen and oxygen atoms in total. The molecule has 1 heterocycles. The summed E-state index contributed by atoms with van der Waals surface area (Å²) in [6.45, 7) is 2.17. The Morgan fingerprint density at radius 1 is 1.78 bits per heavy atom. The molecule has 3 heteroatoms. The Hall–Kier alpha value is -0.410. The quantitative estimate of drug-likeness (QED) is 0.448. The molecule has 0 aliphatic carbocycles. The molecule has 52 valence electrons. The SMILES string of the molecule is CN1CCOCC1C=O. The number of hydrogen-bond acceptors (Lipinski definition) is 3. The molecule has 0 radical (unpaired) electrons. The number of carbonyl (C=O) groups excluding carboxylic acids is 1. The van der Waals surface area contributed by atoms with Crippen molar-refractivity contribution in [3.8, 4) is 0 Å². The third-order valence-electron chi connectivity index (χ3n) is 1.60. The van der Waals surface area contributed by atoms with E-state index >= 15 is 0 Å². The van der Waals surface area contributed by atoms with Crippen LogP contribution in [0.15, 0.2) is 0 Å². The fourth-order valence-corrected chi connectivity index (χ4v) is 0.849. The van der Waals surface area contributed by atoms with Crippen molar-refractivity contribution >= 4 is 6.29 Å². The number of aldehydes is 1. The van der Waals surface area contributed by atoms with Crippen molar-refractivity contribution in [2.75, 3.05) is 26.8 Å². The van der Waals surface area contributed by atoms with Crippen molar-refractivity contribution in [1.29, 1.82) is 0 Å². The largest absolute Gasteiger partial charge is 0.378 e. The summed E-state index contributed by atoms with van der Waals surface area (Å²) < 4.78 is 5.07. The normalized spacial score (nSPS) is 30.1. The summed E-state index contributed by atoms with van der Waals surface area (Å²) in [5.41, 5.74) is 0. The Bertz CT molecular complexity index is 105. The number of hydrogen-bond donors (Lipinski definition) is 0. The maximum Gasteiger partial charge on any atom is 0.139 e. The van der Waals surface area contributed by atoms with Crippen LogP contribution in [-0.4, -0.2) is 44.0 Å². The molecule has 1 unspecified atom stereocenters. The lowest BCUT2D eigenvalue weighted by Crippen LogP contribution is -2.43. The van der Waals surface area contributed by atoms with Crippen molar-refractivity contribution in [2.45, 2.75) is 6.04 Å². The third-order valence-corrected chi connectivity index (χ3v) is 1.60. The third kappa shape index (κ3) is 1.50. The fourth-order valence-electron chi connectivity index (χ4n) is 0.849. The zero-order valence-electron chi connectivity index (χ0n) is 5.54. The van der Waals surface area contributed by atoms with Gasteiger partial charge in [0.2, 0.25) is 0 Å². The van der Waals surface area contributed by atoms with Crippen LogP contribution in [0.25, 0.3) is 0 Å². The van der Waals surface area contributed by atoms with Crippen LogP contribution in [0.5, 0.6) is 0 Å². The lowest BCUT2D eigenvalue weighted by molar-refractivity contribution is -0.117. The monoisotopic (exact) mass is 129 g/mol. The van der Waals surface area contributed by atoms with Crippen LogP contribution in [0.4, 0.5) is 0 Å². The lowest BCUT2D eigenvalue weighted by Gasteiger charge is -2.27. The summed E-state index contributed by atoms with van der Waals surface area (Å²) in [6, 6.07) is -0.0150. The predicted molar refractivity (Wildman–Crippen MR) is 33.3 cm³/mol. The van der Waals surface area contributed by atoms with Gasteiger partial charge in [-0.05, 0) is 7.05 Å². The second kappa shape index (κ2) is 2.94. The first-order valence-electron chi connectivity index (χ1n) is 3.08. The van der Waals surface area contributed by atoms with E-state index in [4.69, 9.17) is 4.74 Å². The van der Waals surface area contributed by atoms with E-state index in [1.807, 2.05) is 11.9 Å². The Kier molecular flexibility index (Phi) is 2.19. The van der Waals surface area contributed by atoms with Crippen LogP contribution in [0.3, 0.4) is 0 Å². The average molecular weight is 129 g/mol. The molecule has 0 aromatic rings. The van der Waals surface area contributed by atoms with Gasteiger partial charge in [0.1, 0.15) is 6.29 Å². The van der Waals surface area contributed by atoms with Crippen molar-refractivity contribution in [2.24, 2.45) is 0 Å². The highest BCUT2D eigenvalue weighted by atomic mass is 16.5. The van der Waals surface area contributed by atoms with Crippen LogP contribution in [0.1, 0.15) is 0 Å². The van der Waals surface area contributed by atoms with E-state index in [2.05, 4.69) is 0 Å². The van der Waals surface area contributed by atoms with Crippen LogP contribution in [0, 0.1) is 0 Å². The van der Waals surface area contributed by atoms with Gasteiger partial charge in [-0.2, -0.15) is 0 Å². The highest BCUT2D eigenvalue weighted by Crippen LogP contribution is 1.99. The Morgan fingerprint density at radius 3 is 3.00 bits per heavy atom. The summed E-state index contributed by atoms with van der Waals surface area (Å²) >= 11 is 0. The van der Waals surface area contributed by atoms with E-state index in [1.54, 1.807) is 0 Å². The first-order chi connectivity index (χ1) is 4.34. The zero-order valence-corrected chi connectivity index (χ0v) is 5.54. The van der Waals surface area contributed by atoms with Crippen molar-refractivity contribution in [3.05, 3.63) is 0 Å². The first kappa shape index (κ1) is 6.71. The molecule has 0 bridgehead atoms. The summed E-state index contributed by atoms with van der Waals surface area (Å²) in [5, 5.41) is 0. The molecule has 0 amide bonds. The predicted octanol–water partition coefficient (Wildman–Crippen LogP) is -0.484. The average Bonchev–Trinajstić information content (AvgIpc) is 1.89. The second-order valence-corrected chi connectivity index (χ2v) is 2.26. The maximum atomic E-state index is 10.2. The zero-order chi connectivity index (χ0) is 6.69. The molecule has 0 aromatic heterocycles. The second-order valence-electron chi connectivity index (χ2n) is 2.26. The Labute approximate surface area is 54.6 Å². The van der Waals surface area contributed by atoms with Gasteiger partial charge >= 0.3 is 0 Å². The van der Waals surface area contributed by atoms with E-state index < -0.39 is 0 Å². The molecule has 1 aliphatic rings. The number of likely N-dealkylation sites (N-methyl/N-ethyl adjacent to an activating group) is 1. The minimum Gasteiger partial charge on any atom is -0.378 e. The minimum atomic E-state index is -0.0150. The van der Waals surface area contributed by atoms with E-state index in [9.17, 15) is 4.79 Å². The van der Waals surface area contributed by atoms with Crippen LogP contribution < -0.4 is 0 Å². The highest BCUT2D eigenvalue weighted by molar-refractivity contribution is 5.57. The standard InChI is InChI=1S/C6H11NO2/c1-7-2-3-9-5-6(7)4-8/h4,6H,2-3,5H2,1H3. The molecule has 1 atom stereocenters. The molecule has 9 heavy (non-hydrogen) atoms. The number of carbonyl (C=O) groups is 1. The minimum absolute atomic E-state index is 0.0150. The van der Waals surface area contributed by atoms with Crippen LogP contribution >= 0.6 is 0 Å². The first-order valence-corrected chi connectivity index (χ1v) is 3.08. The van der Waals surface area contributed by atoms with Gasteiger partial charge in [0.15, 0.2) is 0 Å². The molecule has 0 saturated carbocycles. The molecule has 1 fully saturated rings. The van der Waals surface area contributed by atoms with Gasteiger partial charge in [0.25, 0.3) is 0 Å².